The van der Waals surface area contributed by atoms with Crippen LogP contribution in [-0.2, 0) is 16.0 Å². The van der Waals surface area contributed by atoms with Crippen molar-refractivity contribution in [3.05, 3.63) is 59.4 Å². The lowest BCUT2D eigenvalue weighted by atomic mass is 9.88. The molecule has 0 radical (unpaired) electrons. The second-order valence-electron chi connectivity index (χ2n) is 16.1. The van der Waals surface area contributed by atoms with Crippen LogP contribution in [0.2, 0.25) is 0 Å². The summed E-state index contributed by atoms with van der Waals surface area (Å²) in [6.07, 6.45) is 8.17. The van der Waals surface area contributed by atoms with Gasteiger partial charge >= 0.3 is 6.03 Å². The number of amides is 4. The summed E-state index contributed by atoms with van der Waals surface area (Å²) in [5, 5.41) is 2.24. The number of benzene rings is 2. The minimum Gasteiger partial charge on any atom is -0.366 e. The van der Waals surface area contributed by atoms with Crippen molar-refractivity contribution in [1.82, 2.24) is 19.6 Å². The molecule has 4 heterocycles. The first-order valence-electron chi connectivity index (χ1n) is 19.2. The molecule has 276 valence electrons. The van der Waals surface area contributed by atoms with E-state index in [4.69, 9.17) is 0 Å². The number of piperazine rings is 1. The molecule has 2 aromatic rings. The number of para-hydroxylation sites is 2. The van der Waals surface area contributed by atoms with Gasteiger partial charge in [0.25, 0.3) is 0 Å². The Bertz CT molecular complexity index is 1580. The van der Waals surface area contributed by atoms with E-state index in [9.17, 15) is 14.4 Å². The zero-order valence-corrected chi connectivity index (χ0v) is 31.4. The molecular weight excluding hydrogens is 664 g/mol. The molecule has 0 bridgehead atoms. The smallest absolute Gasteiger partial charge is 0.322 e. The zero-order valence-electron chi connectivity index (χ0n) is 30.6. The average Bonchev–Trinajstić information content (AvgIpc) is 3.31. The molecule has 2 atom stereocenters. The second kappa shape index (κ2) is 15.3. The highest BCUT2D eigenvalue weighted by atomic mass is 32.2. The molecule has 9 nitrogen and oxygen atoms in total. The van der Waals surface area contributed by atoms with Crippen LogP contribution in [0.3, 0.4) is 0 Å². The van der Waals surface area contributed by atoms with Crippen molar-refractivity contribution >= 4 is 41.0 Å². The van der Waals surface area contributed by atoms with E-state index in [1.807, 2.05) is 39.0 Å². The molecule has 5 aliphatic rings. The Hall–Kier alpha value is -3.31. The quantitative estimate of drug-likeness (QED) is 0.342. The number of thioether (sulfide) groups is 1. The predicted molar refractivity (Wildman–Crippen MR) is 202 cm³/mol. The van der Waals surface area contributed by atoms with Gasteiger partial charge in [-0.1, -0.05) is 49.6 Å². The molecule has 4 amide bonds. The topological polar surface area (TPSA) is 79.4 Å². The van der Waals surface area contributed by atoms with Gasteiger partial charge in [0, 0.05) is 81.6 Å². The molecule has 4 aliphatic heterocycles. The maximum absolute atomic E-state index is 15.9. The van der Waals surface area contributed by atoms with Crippen LogP contribution in [0.15, 0.2) is 42.5 Å². The van der Waals surface area contributed by atoms with Gasteiger partial charge in [-0.15, -0.1) is 11.8 Å². The maximum atomic E-state index is 15.9. The number of fused-ring (bicyclic) bond motifs is 1. The Balaban J connectivity index is 1.03. The Morgan fingerprint density at radius 3 is 2.33 bits per heavy atom. The van der Waals surface area contributed by atoms with E-state index in [0.717, 1.165) is 62.3 Å². The van der Waals surface area contributed by atoms with E-state index in [1.54, 1.807) is 12.1 Å². The number of hydrogen-bond donors (Lipinski definition) is 1. The number of anilines is 2. The molecule has 1 saturated carbocycles. The third-order valence-corrected chi connectivity index (χ3v) is 13.4. The van der Waals surface area contributed by atoms with Crippen LogP contribution in [-0.4, -0.2) is 107 Å². The Morgan fingerprint density at radius 1 is 0.882 bits per heavy atom. The highest BCUT2D eigenvalue weighted by molar-refractivity contribution is 8.01. The fraction of sp³-hybridized carbons (Fsp3) is 0.625. The van der Waals surface area contributed by atoms with Gasteiger partial charge in [-0.2, -0.15) is 0 Å². The summed E-state index contributed by atoms with van der Waals surface area (Å²) in [7, 11) is 0. The summed E-state index contributed by atoms with van der Waals surface area (Å²) < 4.78 is 15.9. The van der Waals surface area contributed by atoms with Gasteiger partial charge in [0.2, 0.25) is 11.8 Å². The summed E-state index contributed by atoms with van der Waals surface area (Å²) in [5.41, 5.74) is 3.53. The lowest BCUT2D eigenvalue weighted by Gasteiger charge is -2.44. The molecule has 2 aromatic carbocycles. The Morgan fingerprint density at radius 2 is 1.61 bits per heavy atom. The zero-order chi connectivity index (χ0) is 35.7. The third kappa shape index (κ3) is 7.89. The number of piperidine rings is 1. The first kappa shape index (κ1) is 36.1. The van der Waals surface area contributed by atoms with E-state index >= 15 is 4.39 Å². The molecule has 0 aromatic heterocycles. The van der Waals surface area contributed by atoms with Crippen molar-refractivity contribution < 1.29 is 18.8 Å². The van der Waals surface area contributed by atoms with E-state index < -0.39 is 5.25 Å². The minimum absolute atomic E-state index is 0.00683. The number of nitrogens with one attached hydrogen (secondary N) is 1. The largest absolute Gasteiger partial charge is 0.366 e. The molecule has 1 aliphatic carbocycles. The standard InChI is InChI=1S/C40H55FN6O3S/c1-40(2,3)45-24-22-44(23-25-45)36-31(13-9-14-32(36)41)38-47(27-28-10-5-4-6-11-28)37(49)34(51-38)26-35(48)43-19-17-30(18-20-43)46-21-16-29-12-7-8-15-33(29)42-39(46)50/h7-9,12-15,28,30,34,38H,4-6,10-11,16-27H2,1-3H3,(H,42,50)/t34-,38?/m0/s1. The van der Waals surface area contributed by atoms with Gasteiger partial charge in [-0.05, 0) is 76.5 Å². The van der Waals surface area contributed by atoms with Crippen molar-refractivity contribution in [2.24, 2.45) is 5.92 Å². The maximum Gasteiger partial charge on any atom is 0.322 e. The van der Waals surface area contributed by atoms with Gasteiger partial charge in [0.05, 0.1) is 10.9 Å². The van der Waals surface area contributed by atoms with Crippen LogP contribution in [0.25, 0.3) is 0 Å². The molecule has 1 N–H and O–H groups in total. The molecule has 11 heteroatoms. The molecular formula is C40H55FN6O3S. The number of nitrogens with zero attached hydrogens (tertiary/aromatic N) is 5. The monoisotopic (exact) mass is 718 g/mol. The predicted octanol–water partition coefficient (Wildman–Crippen LogP) is 6.74. The van der Waals surface area contributed by atoms with Crippen LogP contribution >= 0.6 is 11.8 Å². The van der Waals surface area contributed by atoms with Gasteiger partial charge in [-0.25, -0.2) is 9.18 Å². The molecule has 7 rings (SSSR count). The SMILES string of the molecule is CC(C)(C)N1CCN(c2c(F)cccc2C2S[C@@H](CC(=O)N3CCC(N4CCc5ccccc5NC4=O)CC3)C(=O)N2CC2CCCCC2)CC1. The summed E-state index contributed by atoms with van der Waals surface area (Å²) in [6, 6.07) is 13.3. The number of likely N-dealkylation sites (tertiary alicyclic amines) is 1. The van der Waals surface area contributed by atoms with Crippen molar-refractivity contribution in [1.29, 1.82) is 0 Å². The molecule has 0 spiro atoms. The number of rotatable bonds is 7. The second-order valence-corrected chi connectivity index (χ2v) is 17.4. The van der Waals surface area contributed by atoms with Crippen LogP contribution in [0.1, 0.15) is 88.6 Å². The minimum atomic E-state index is -0.507. The van der Waals surface area contributed by atoms with Crippen molar-refractivity contribution in [2.75, 3.05) is 62.6 Å². The van der Waals surface area contributed by atoms with E-state index in [1.165, 1.54) is 31.0 Å². The first-order chi connectivity index (χ1) is 24.6. The Labute approximate surface area is 307 Å². The summed E-state index contributed by atoms with van der Waals surface area (Å²) >= 11 is 1.54. The number of carbonyl (C=O) groups is 3. The highest BCUT2D eigenvalue weighted by Crippen LogP contribution is 2.49. The average molecular weight is 719 g/mol. The third-order valence-electron chi connectivity index (χ3n) is 11.9. The van der Waals surface area contributed by atoms with Gasteiger partial charge in [0.15, 0.2) is 0 Å². The van der Waals surface area contributed by atoms with E-state index in [0.29, 0.717) is 50.6 Å². The normalized spacial score (nSPS) is 24.5. The summed E-state index contributed by atoms with van der Waals surface area (Å²) in [4.78, 5) is 51.7. The fourth-order valence-corrected chi connectivity index (χ4v) is 10.4. The van der Waals surface area contributed by atoms with Crippen molar-refractivity contribution in [3.63, 3.8) is 0 Å². The van der Waals surface area contributed by atoms with Crippen molar-refractivity contribution in [3.8, 4) is 0 Å². The molecule has 1 unspecified atom stereocenters. The molecule has 3 saturated heterocycles. The number of hydrogen-bond acceptors (Lipinski definition) is 6. The van der Waals surface area contributed by atoms with Crippen LogP contribution in [0.5, 0.6) is 0 Å². The highest BCUT2D eigenvalue weighted by Gasteiger charge is 2.45. The van der Waals surface area contributed by atoms with Gasteiger partial charge in [0.1, 0.15) is 11.2 Å². The van der Waals surface area contributed by atoms with Crippen LogP contribution in [0, 0.1) is 11.7 Å². The van der Waals surface area contributed by atoms with Crippen molar-refractivity contribution in [2.45, 2.75) is 101 Å². The van der Waals surface area contributed by atoms with Gasteiger partial charge < -0.3 is 24.9 Å². The van der Waals surface area contributed by atoms with Crippen LogP contribution in [0.4, 0.5) is 20.6 Å². The number of carbonyl (C=O) groups excluding carboxylic acids is 3. The van der Waals surface area contributed by atoms with Crippen LogP contribution < -0.4 is 10.2 Å². The number of urea groups is 1. The molecule has 4 fully saturated rings. The van der Waals surface area contributed by atoms with Gasteiger partial charge in [-0.3, -0.25) is 14.5 Å². The first-order valence-corrected chi connectivity index (χ1v) is 20.2. The fourth-order valence-electron chi connectivity index (χ4n) is 8.92. The lowest BCUT2D eigenvalue weighted by molar-refractivity contribution is -0.137. The lowest BCUT2D eigenvalue weighted by Crippen LogP contribution is -2.53. The molecule has 51 heavy (non-hydrogen) atoms. The summed E-state index contributed by atoms with van der Waals surface area (Å²) in [6.45, 7) is 12.3. The number of halogens is 1. The van der Waals surface area contributed by atoms with E-state index in [2.05, 4.69) is 42.0 Å². The Kier molecular flexibility index (Phi) is 10.9. The summed E-state index contributed by atoms with van der Waals surface area (Å²) in [5.74, 6) is 0.178. The van der Waals surface area contributed by atoms with E-state index in [-0.39, 0.29) is 47.0 Å².